The number of carbonyl (C=O) groups excluding carboxylic acids is 1. The van der Waals surface area contributed by atoms with Crippen LogP contribution < -0.4 is 5.32 Å². The highest BCUT2D eigenvalue weighted by Gasteiger charge is 2.39. The van der Waals surface area contributed by atoms with E-state index < -0.39 is 5.92 Å². The Kier molecular flexibility index (Phi) is 5.55. The number of amides is 1. The van der Waals surface area contributed by atoms with Crippen LogP contribution in [0.4, 0.5) is 5.69 Å². The monoisotopic (exact) mass is 361 g/mol. The Morgan fingerprint density at radius 2 is 1.73 bits per heavy atom. The molecule has 130 valence electrons. The van der Waals surface area contributed by atoms with Crippen molar-refractivity contribution in [3.63, 3.8) is 0 Å². The van der Waals surface area contributed by atoms with Crippen LogP contribution in [-0.4, -0.2) is 17.9 Å². The molecule has 1 N–H and O–H groups in total. The third-order valence-electron chi connectivity index (χ3n) is 4.40. The Morgan fingerprint density at radius 1 is 1.12 bits per heavy atom. The predicted molar refractivity (Wildman–Crippen MR) is 107 cm³/mol. The van der Waals surface area contributed by atoms with Gasteiger partial charge < -0.3 is 5.32 Å². The first-order valence-corrected chi connectivity index (χ1v) is 9.52. The lowest BCUT2D eigenvalue weighted by Crippen LogP contribution is -2.36. The normalized spacial score (nSPS) is 19.5. The van der Waals surface area contributed by atoms with Gasteiger partial charge in [-0.2, -0.15) is 5.26 Å². The average molecular weight is 361 g/mol. The Balaban J connectivity index is 2.04. The molecule has 1 unspecified atom stereocenters. The Hall–Kier alpha value is -2.84. The third-order valence-corrected chi connectivity index (χ3v) is 5.10. The number of allylic oxidation sites excluding steroid dienone is 1. The number of hydrogen-bond donors (Lipinski definition) is 1. The molecule has 2 atom stereocenters. The maximum atomic E-state index is 13.1. The standard InChI is InChI=1S/C21H19N3OS/c1-14-18(20(25)24-16-11-7-4-8-12-16)19(15-9-5-3-6-10-15)17(13-22)21(23-14)26-2/h3-12,18-19H,1-2H3,(H,24,25)/t18?,19-/m1/s1. The molecule has 3 rings (SSSR count). The van der Waals surface area contributed by atoms with Crippen molar-refractivity contribution in [1.29, 1.82) is 5.26 Å². The van der Waals surface area contributed by atoms with E-state index in [1.165, 1.54) is 11.8 Å². The number of hydrogen-bond acceptors (Lipinski definition) is 4. The van der Waals surface area contributed by atoms with E-state index in [-0.39, 0.29) is 11.8 Å². The van der Waals surface area contributed by atoms with Crippen LogP contribution >= 0.6 is 11.8 Å². The number of aliphatic imine (C=N–C) groups is 1. The number of benzene rings is 2. The van der Waals surface area contributed by atoms with Gasteiger partial charge in [-0.3, -0.25) is 4.79 Å². The zero-order chi connectivity index (χ0) is 18.5. The molecule has 0 radical (unpaired) electrons. The summed E-state index contributed by atoms with van der Waals surface area (Å²) in [6.07, 6.45) is 1.90. The summed E-state index contributed by atoms with van der Waals surface area (Å²) in [4.78, 5) is 17.6. The summed E-state index contributed by atoms with van der Waals surface area (Å²) < 4.78 is 0. The van der Waals surface area contributed by atoms with Crippen molar-refractivity contribution in [2.24, 2.45) is 10.9 Å². The molecule has 2 aromatic carbocycles. The maximum Gasteiger partial charge on any atom is 0.234 e. The Labute approximate surface area is 157 Å². The van der Waals surface area contributed by atoms with E-state index in [9.17, 15) is 10.1 Å². The summed E-state index contributed by atoms with van der Waals surface area (Å²) in [6.45, 7) is 1.86. The maximum absolute atomic E-state index is 13.1. The fourth-order valence-electron chi connectivity index (χ4n) is 3.21. The van der Waals surface area contributed by atoms with Crippen molar-refractivity contribution >= 4 is 29.1 Å². The second-order valence-electron chi connectivity index (χ2n) is 6.01. The summed E-state index contributed by atoms with van der Waals surface area (Å²) in [7, 11) is 0. The van der Waals surface area contributed by atoms with Crippen LogP contribution in [0.15, 0.2) is 76.3 Å². The highest BCUT2D eigenvalue weighted by molar-refractivity contribution is 8.02. The molecule has 0 saturated heterocycles. The number of anilines is 1. The fraction of sp³-hybridized carbons (Fsp3) is 0.190. The van der Waals surface area contributed by atoms with E-state index in [1.807, 2.05) is 73.8 Å². The van der Waals surface area contributed by atoms with Gasteiger partial charge in [0.1, 0.15) is 5.03 Å². The van der Waals surface area contributed by atoms with Crippen molar-refractivity contribution in [3.05, 3.63) is 76.8 Å². The highest BCUT2D eigenvalue weighted by Crippen LogP contribution is 2.41. The second-order valence-corrected chi connectivity index (χ2v) is 6.80. The largest absolute Gasteiger partial charge is 0.325 e. The number of nitrogens with one attached hydrogen (secondary N) is 1. The van der Waals surface area contributed by atoms with Gasteiger partial charge in [0.2, 0.25) is 5.91 Å². The summed E-state index contributed by atoms with van der Waals surface area (Å²) in [5.74, 6) is -1.02. The Bertz CT molecular complexity index is 898. The lowest BCUT2D eigenvalue weighted by Gasteiger charge is -2.30. The molecule has 1 aliphatic heterocycles. The molecule has 1 heterocycles. The van der Waals surface area contributed by atoms with Gasteiger partial charge in [-0.15, -0.1) is 11.8 Å². The topological polar surface area (TPSA) is 65.2 Å². The SMILES string of the molecule is CSC1=C(C#N)[C@@H](c2ccccc2)C(C(=O)Nc2ccccc2)C(C)=N1. The van der Waals surface area contributed by atoms with Crippen LogP contribution in [0.5, 0.6) is 0 Å². The van der Waals surface area contributed by atoms with Gasteiger partial charge in [0.05, 0.1) is 17.6 Å². The third kappa shape index (κ3) is 3.56. The first-order valence-electron chi connectivity index (χ1n) is 8.30. The molecule has 0 aliphatic carbocycles. The molecule has 0 saturated carbocycles. The lowest BCUT2D eigenvalue weighted by atomic mass is 9.77. The quantitative estimate of drug-likeness (QED) is 0.865. The number of thioether (sulfide) groups is 1. The van der Waals surface area contributed by atoms with Gasteiger partial charge in [0.15, 0.2) is 0 Å². The summed E-state index contributed by atoms with van der Waals surface area (Å²) in [6, 6.07) is 21.3. The molecule has 26 heavy (non-hydrogen) atoms. The smallest absolute Gasteiger partial charge is 0.234 e. The van der Waals surface area contributed by atoms with Gasteiger partial charge in [-0.05, 0) is 30.9 Å². The molecular weight excluding hydrogens is 342 g/mol. The van der Waals surface area contributed by atoms with Crippen molar-refractivity contribution in [2.45, 2.75) is 12.8 Å². The van der Waals surface area contributed by atoms with Crippen molar-refractivity contribution in [3.8, 4) is 6.07 Å². The number of nitriles is 1. The summed E-state index contributed by atoms with van der Waals surface area (Å²) in [5.41, 5.74) is 2.94. The van der Waals surface area contributed by atoms with Gasteiger partial charge in [0, 0.05) is 17.3 Å². The van der Waals surface area contributed by atoms with Gasteiger partial charge in [-0.25, -0.2) is 4.99 Å². The van der Waals surface area contributed by atoms with Crippen molar-refractivity contribution < 1.29 is 4.79 Å². The van der Waals surface area contributed by atoms with Crippen LogP contribution in [0.25, 0.3) is 0 Å². The molecule has 1 amide bonds. The predicted octanol–water partition coefficient (Wildman–Crippen LogP) is 4.60. The summed E-state index contributed by atoms with van der Waals surface area (Å²) >= 11 is 1.44. The lowest BCUT2D eigenvalue weighted by molar-refractivity contribution is -0.118. The van der Waals surface area contributed by atoms with Crippen LogP contribution in [-0.2, 0) is 4.79 Å². The minimum absolute atomic E-state index is 0.154. The zero-order valence-electron chi connectivity index (χ0n) is 14.6. The van der Waals surface area contributed by atoms with Crippen LogP contribution in [0, 0.1) is 17.2 Å². The zero-order valence-corrected chi connectivity index (χ0v) is 15.5. The molecule has 1 aliphatic rings. The fourth-order valence-corrected chi connectivity index (χ4v) is 3.83. The number of rotatable bonds is 4. The molecular formula is C21H19N3OS. The summed E-state index contributed by atoms with van der Waals surface area (Å²) in [5, 5.41) is 13.4. The van der Waals surface area contributed by atoms with E-state index >= 15 is 0 Å². The van der Waals surface area contributed by atoms with E-state index in [0.29, 0.717) is 10.6 Å². The number of nitrogens with zero attached hydrogens (tertiary/aromatic N) is 2. The number of para-hydroxylation sites is 1. The number of carbonyl (C=O) groups is 1. The first kappa shape index (κ1) is 18.0. The molecule has 0 fully saturated rings. The Morgan fingerprint density at radius 3 is 2.31 bits per heavy atom. The minimum Gasteiger partial charge on any atom is -0.325 e. The van der Waals surface area contributed by atoms with Gasteiger partial charge in [-0.1, -0.05) is 48.5 Å². The van der Waals surface area contributed by atoms with Crippen LogP contribution in [0.1, 0.15) is 18.4 Å². The molecule has 5 heteroatoms. The first-order chi connectivity index (χ1) is 12.7. The van der Waals surface area contributed by atoms with E-state index in [2.05, 4.69) is 16.4 Å². The second kappa shape index (κ2) is 8.03. The van der Waals surface area contributed by atoms with Crippen molar-refractivity contribution in [2.75, 3.05) is 11.6 Å². The van der Waals surface area contributed by atoms with Gasteiger partial charge in [0.25, 0.3) is 0 Å². The molecule has 2 aromatic rings. The van der Waals surface area contributed by atoms with E-state index in [4.69, 9.17) is 0 Å². The van der Waals surface area contributed by atoms with Crippen LogP contribution in [0.3, 0.4) is 0 Å². The van der Waals surface area contributed by atoms with Crippen molar-refractivity contribution in [1.82, 2.24) is 0 Å². The van der Waals surface area contributed by atoms with E-state index in [0.717, 1.165) is 17.0 Å². The minimum atomic E-state index is -0.525. The van der Waals surface area contributed by atoms with Gasteiger partial charge >= 0.3 is 0 Å². The molecule has 0 bridgehead atoms. The highest BCUT2D eigenvalue weighted by atomic mass is 32.2. The average Bonchev–Trinajstić information content (AvgIpc) is 2.68. The molecule has 0 spiro atoms. The van der Waals surface area contributed by atoms with Crippen LogP contribution in [0.2, 0.25) is 0 Å². The molecule has 0 aromatic heterocycles. The van der Waals surface area contributed by atoms with E-state index in [1.54, 1.807) is 0 Å². The molecule has 4 nitrogen and oxygen atoms in total.